The Morgan fingerprint density at radius 2 is 2.40 bits per heavy atom. The van der Waals surface area contributed by atoms with Crippen molar-refractivity contribution in [1.29, 1.82) is 0 Å². The Balaban J connectivity index is 2.38. The molecule has 0 spiro atoms. The maximum atomic E-state index is 5.83. The van der Waals surface area contributed by atoms with Gasteiger partial charge in [-0.3, -0.25) is 0 Å². The summed E-state index contributed by atoms with van der Waals surface area (Å²) in [6, 6.07) is 0.287. The number of hydrogen-bond donors (Lipinski definition) is 1. The Morgan fingerprint density at radius 1 is 1.70 bits per heavy atom. The fraction of sp³-hybridized carbons (Fsp3) is 1.00. The second-order valence-electron chi connectivity index (χ2n) is 3.17. The number of hydrogen-bond acceptors (Lipinski definition) is 2. The van der Waals surface area contributed by atoms with Crippen LogP contribution in [0.25, 0.3) is 0 Å². The average molecular weight is 143 g/mol. The van der Waals surface area contributed by atoms with Gasteiger partial charge in [-0.15, -0.1) is 0 Å². The van der Waals surface area contributed by atoms with Gasteiger partial charge in [0, 0.05) is 12.6 Å². The highest BCUT2D eigenvalue weighted by Crippen LogP contribution is 2.21. The van der Waals surface area contributed by atoms with Crippen LogP contribution in [-0.2, 0) is 4.74 Å². The minimum atomic E-state index is 0.287. The summed E-state index contributed by atoms with van der Waals surface area (Å²) in [5, 5.41) is 0. The molecule has 2 N–H and O–H groups in total. The number of ether oxygens (including phenoxy) is 1. The smallest absolute Gasteiger partial charge is 0.0752 e. The quantitative estimate of drug-likeness (QED) is 0.629. The zero-order valence-corrected chi connectivity index (χ0v) is 6.84. The number of rotatable bonds is 2. The van der Waals surface area contributed by atoms with E-state index < -0.39 is 0 Å². The lowest BCUT2D eigenvalue weighted by atomic mass is 9.96. The Hall–Kier alpha value is -0.0800. The molecule has 0 saturated carbocycles. The van der Waals surface area contributed by atoms with Gasteiger partial charge in [0.1, 0.15) is 0 Å². The standard InChI is InChI=1S/C8H17NO/c1-3-6(2)8-7(9)4-5-10-8/h6-8H,3-5,9H2,1-2H3. The first-order valence-electron chi connectivity index (χ1n) is 4.13. The van der Waals surface area contributed by atoms with Gasteiger partial charge >= 0.3 is 0 Å². The molecular formula is C8H17NO. The van der Waals surface area contributed by atoms with Crippen molar-refractivity contribution in [3.63, 3.8) is 0 Å². The molecule has 1 saturated heterocycles. The molecule has 0 aliphatic carbocycles. The van der Waals surface area contributed by atoms with Gasteiger partial charge in [0.05, 0.1) is 6.10 Å². The Labute approximate surface area is 62.7 Å². The predicted molar refractivity (Wildman–Crippen MR) is 41.8 cm³/mol. The van der Waals surface area contributed by atoms with E-state index in [9.17, 15) is 0 Å². The van der Waals surface area contributed by atoms with Crippen LogP contribution in [0.3, 0.4) is 0 Å². The van der Waals surface area contributed by atoms with Gasteiger partial charge in [0.2, 0.25) is 0 Å². The molecule has 1 aliphatic heterocycles. The van der Waals surface area contributed by atoms with E-state index in [4.69, 9.17) is 10.5 Å². The molecule has 60 valence electrons. The third kappa shape index (κ3) is 1.50. The van der Waals surface area contributed by atoms with Crippen molar-refractivity contribution in [2.75, 3.05) is 6.61 Å². The fourth-order valence-corrected chi connectivity index (χ4v) is 1.45. The van der Waals surface area contributed by atoms with Gasteiger partial charge in [-0.1, -0.05) is 20.3 Å². The summed E-state index contributed by atoms with van der Waals surface area (Å²) in [4.78, 5) is 0. The predicted octanol–water partition coefficient (Wildman–Crippen LogP) is 1.15. The number of nitrogens with two attached hydrogens (primary N) is 1. The van der Waals surface area contributed by atoms with E-state index in [-0.39, 0.29) is 6.04 Å². The molecule has 0 aromatic carbocycles. The SMILES string of the molecule is CCC(C)C1OCCC1N. The van der Waals surface area contributed by atoms with Crippen LogP contribution in [0.1, 0.15) is 26.7 Å². The lowest BCUT2D eigenvalue weighted by Crippen LogP contribution is -2.34. The summed E-state index contributed by atoms with van der Waals surface area (Å²) in [5.41, 5.74) is 5.83. The van der Waals surface area contributed by atoms with E-state index in [1.54, 1.807) is 0 Å². The molecule has 2 nitrogen and oxygen atoms in total. The van der Waals surface area contributed by atoms with Crippen LogP contribution >= 0.6 is 0 Å². The second-order valence-corrected chi connectivity index (χ2v) is 3.17. The van der Waals surface area contributed by atoms with Gasteiger partial charge in [-0.05, 0) is 12.3 Å². The molecule has 3 atom stereocenters. The Bertz CT molecular complexity index is 105. The van der Waals surface area contributed by atoms with E-state index in [2.05, 4.69) is 13.8 Å². The van der Waals surface area contributed by atoms with E-state index in [0.29, 0.717) is 12.0 Å². The van der Waals surface area contributed by atoms with E-state index in [0.717, 1.165) is 13.0 Å². The lowest BCUT2D eigenvalue weighted by Gasteiger charge is -2.20. The fourth-order valence-electron chi connectivity index (χ4n) is 1.45. The molecular weight excluding hydrogens is 126 g/mol. The Kier molecular flexibility index (Phi) is 2.69. The topological polar surface area (TPSA) is 35.2 Å². The van der Waals surface area contributed by atoms with Crippen molar-refractivity contribution in [3.8, 4) is 0 Å². The first kappa shape index (κ1) is 8.02. The van der Waals surface area contributed by atoms with Crippen molar-refractivity contribution in [1.82, 2.24) is 0 Å². The second kappa shape index (κ2) is 3.35. The van der Waals surface area contributed by atoms with E-state index >= 15 is 0 Å². The first-order valence-corrected chi connectivity index (χ1v) is 4.13. The molecule has 3 unspecified atom stereocenters. The highest BCUT2D eigenvalue weighted by Gasteiger charge is 2.28. The molecule has 2 heteroatoms. The van der Waals surface area contributed by atoms with Crippen molar-refractivity contribution in [3.05, 3.63) is 0 Å². The molecule has 1 fully saturated rings. The van der Waals surface area contributed by atoms with Crippen molar-refractivity contribution >= 4 is 0 Å². The minimum Gasteiger partial charge on any atom is -0.376 e. The molecule has 0 aromatic heterocycles. The normalized spacial score (nSPS) is 36.3. The summed E-state index contributed by atoms with van der Waals surface area (Å²) in [6.45, 7) is 5.24. The molecule has 0 aromatic rings. The Morgan fingerprint density at radius 3 is 2.80 bits per heavy atom. The van der Waals surface area contributed by atoms with Crippen LogP contribution < -0.4 is 5.73 Å². The van der Waals surface area contributed by atoms with Gasteiger partial charge in [0.25, 0.3) is 0 Å². The molecule has 0 radical (unpaired) electrons. The molecule has 10 heavy (non-hydrogen) atoms. The summed E-state index contributed by atoms with van der Waals surface area (Å²) >= 11 is 0. The molecule has 1 heterocycles. The van der Waals surface area contributed by atoms with Crippen LogP contribution in [0.15, 0.2) is 0 Å². The summed E-state index contributed by atoms with van der Waals surface area (Å²) < 4.78 is 5.49. The van der Waals surface area contributed by atoms with Crippen molar-refractivity contribution in [2.45, 2.75) is 38.8 Å². The summed E-state index contributed by atoms with van der Waals surface area (Å²) in [7, 11) is 0. The lowest BCUT2D eigenvalue weighted by molar-refractivity contribution is 0.0610. The van der Waals surface area contributed by atoms with Crippen molar-refractivity contribution < 1.29 is 4.74 Å². The monoisotopic (exact) mass is 143 g/mol. The van der Waals surface area contributed by atoms with Gasteiger partial charge in [0.15, 0.2) is 0 Å². The highest BCUT2D eigenvalue weighted by molar-refractivity contribution is 4.82. The average Bonchev–Trinajstić information content (AvgIpc) is 2.34. The third-order valence-electron chi connectivity index (χ3n) is 2.39. The summed E-state index contributed by atoms with van der Waals surface area (Å²) in [5.74, 6) is 0.623. The van der Waals surface area contributed by atoms with Crippen LogP contribution in [0.4, 0.5) is 0 Å². The first-order chi connectivity index (χ1) is 4.75. The maximum absolute atomic E-state index is 5.83. The molecule has 0 bridgehead atoms. The molecule has 1 aliphatic rings. The molecule has 0 amide bonds. The highest BCUT2D eigenvalue weighted by atomic mass is 16.5. The largest absolute Gasteiger partial charge is 0.376 e. The van der Waals surface area contributed by atoms with Gasteiger partial charge in [-0.25, -0.2) is 0 Å². The van der Waals surface area contributed by atoms with Gasteiger partial charge in [-0.2, -0.15) is 0 Å². The zero-order chi connectivity index (χ0) is 7.56. The minimum absolute atomic E-state index is 0.287. The van der Waals surface area contributed by atoms with Gasteiger partial charge < -0.3 is 10.5 Å². The van der Waals surface area contributed by atoms with Crippen LogP contribution in [0.2, 0.25) is 0 Å². The maximum Gasteiger partial charge on any atom is 0.0752 e. The summed E-state index contributed by atoms with van der Waals surface area (Å²) in [6.07, 6.45) is 2.53. The molecule has 1 rings (SSSR count). The van der Waals surface area contributed by atoms with Crippen LogP contribution in [0, 0.1) is 5.92 Å². The van der Waals surface area contributed by atoms with Crippen LogP contribution in [0.5, 0.6) is 0 Å². The van der Waals surface area contributed by atoms with Crippen LogP contribution in [-0.4, -0.2) is 18.8 Å². The zero-order valence-electron chi connectivity index (χ0n) is 6.84. The third-order valence-corrected chi connectivity index (χ3v) is 2.39. The van der Waals surface area contributed by atoms with E-state index in [1.807, 2.05) is 0 Å². The van der Waals surface area contributed by atoms with Crippen molar-refractivity contribution in [2.24, 2.45) is 11.7 Å². The van der Waals surface area contributed by atoms with E-state index in [1.165, 1.54) is 6.42 Å².